The van der Waals surface area contributed by atoms with Gasteiger partial charge >= 0.3 is 6.03 Å². The lowest BCUT2D eigenvalue weighted by molar-refractivity contribution is -0.139. The van der Waals surface area contributed by atoms with Crippen molar-refractivity contribution in [3.63, 3.8) is 0 Å². The number of benzene rings is 1. The maximum absolute atomic E-state index is 13.6. The summed E-state index contributed by atoms with van der Waals surface area (Å²) >= 11 is 0. The molecule has 1 aromatic rings. The molecule has 5 atom stereocenters. The predicted molar refractivity (Wildman–Crippen MR) is 132 cm³/mol. The number of rotatable bonds is 5. The second-order valence-electron chi connectivity index (χ2n) is 11.0. The molecule has 7 heteroatoms. The van der Waals surface area contributed by atoms with Crippen molar-refractivity contribution in [2.24, 2.45) is 11.8 Å². The number of likely N-dealkylation sites (tertiary alicyclic amines) is 1. The second kappa shape index (κ2) is 9.41. The Bertz CT molecular complexity index is 1020. The summed E-state index contributed by atoms with van der Waals surface area (Å²) in [5.41, 5.74) is 2.53. The summed E-state index contributed by atoms with van der Waals surface area (Å²) in [6, 6.07) is 9.56. The second-order valence-corrected chi connectivity index (χ2v) is 11.0. The van der Waals surface area contributed by atoms with Gasteiger partial charge in [-0.3, -0.25) is 19.4 Å². The zero-order chi connectivity index (χ0) is 23.9. The molecule has 1 aliphatic carbocycles. The molecule has 0 spiro atoms. The van der Waals surface area contributed by atoms with Crippen molar-refractivity contribution < 1.29 is 14.4 Å². The Morgan fingerprint density at radius 2 is 1.91 bits per heavy atom. The van der Waals surface area contributed by atoms with Crippen molar-refractivity contribution in [1.82, 2.24) is 20.0 Å². The first-order valence-corrected chi connectivity index (χ1v) is 13.5. The predicted octanol–water partition coefficient (Wildman–Crippen LogP) is 2.96. The summed E-state index contributed by atoms with van der Waals surface area (Å²) < 4.78 is 0. The third-order valence-corrected chi connectivity index (χ3v) is 8.93. The van der Waals surface area contributed by atoms with E-state index in [2.05, 4.69) is 16.3 Å². The van der Waals surface area contributed by atoms with E-state index in [0.717, 1.165) is 31.5 Å². The Morgan fingerprint density at radius 3 is 2.77 bits per heavy atom. The van der Waals surface area contributed by atoms with Gasteiger partial charge < -0.3 is 10.2 Å². The molecule has 1 N–H and O–H groups in total. The van der Waals surface area contributed by atoms with E-state index < -0.39 is 6.04 Å². The minimum absolute atomic E-state index is 0.00313. The van der Waals surface area contributed by atoms with Crippen LogP contribution in [0.25, 0.3) is 0 Å². The molecule has 4 heterocycles. The minimum Gasteiger partial charge on any atom is -0.336 e. The number of fused-ring (bicyclic) bond motifs is 6. The van der Waals surface area contributed by atoms with Crippen LogP contribution in [0.15, 0.2) is 42.0 Å². The monoisotopic (exact) mass is 476 g/mol. The number of nitrogens with one attached hydrogen (secondary N) is 1. The fraction of sp³-hybridized carbons (Fsp3) is 0.607. The van der Waals surface area contributed by atoms with Crippen LogP contribution in [0.4, 0.5) is 4.79 Å². The van der Waals surface area contributed by atoms with Gasteiger partial charge in [-0.05, 0) is 62.5 Å². The first kappa shape index (κ1) is 22.8. The number of carbonyl (C=O) groups is 3. The van der Waals surface area contributed by atoms with Crippen LogP contribution in [-0.2, 0) is 16.0 Å². The van der Waals surface area contributed by atoms with Gasteiger partial charge in [0.25, 0.3) is 5.91 Å². The van der Waals surface area contributed by atoms with Gasteiger partial charge in [0.2, 0.25) is 5.91 Å². The number of hydrogen-bond donors (Lipinski definition) is 1. The first-order chi connectivity index (χ1) is 17.1. The number of imide groups is 1. The van der Waals surface area contributed by atoms with Gasteiger partial charge in [0.05, 0.1) is 12.5 Å². The first-order valence-electron chi connectivity index (χ1n) is 13.5. The Kier molecular flexibility index (Phi) is 6.13. The normalized spacial score (nSPS) is 32.6. The maximum atomic E-state index is 13.6. The molecular weight excluding hydrogens is 440 g/mol. The Morgan fingerprint density at radius 1 is 1.06 bits per heavy atom. The van der Waals surface area contributed by atoms with E-state index in [4.69, 9.17) is 0 Å². The zero-order valence-electron chi connectivity index (χ0n) is 20.4. The standard InChI is InChI=1S/C28H36N4O3/c33-25(17-23-27(34)32(28(35)29-23)14-11-19-7-2-1-3-8-19)31-13-6-9-20-15-21-16-22(26(20)31)18-30-12-5-4-10-24(21)30/h1-3,7-8,15,21-24,26H,4-6,9-14,16-18H2,(H,29,35)/t21-,22-,23-,24?,26?/m0/s1. The highest BCUT2D eigenvalue weighted by Crippen LogP contribution is 2.45. The van der Waals surface area contributed by atoms with Crippen molar-refractivity contribution in [3.05, 3.63) is 47.5 Å². The SMILES string of the molecule is O=C1N[C@@H](CC(=O)N2CCCC3=C[C@H]4C[C@@H](CN5CCCCC45)C32)C(=O)N1CCc1ccccc1. The highest BCUT2D eigenvalue weighted by molar-refractivity contribution is 6.05. The highest BCUT2D eigenvalue weighted by atomic mass is 16.2. The van der Waals surface area contributed by atoms with Gasteiger partial charge in [-0.2, -0.15) is 0 Å². The molecular formula is C28H36N4O3. The van der Waals surface area contributed by atoms with E-state index in [1.807, 2.05) is 35.2 Å². The molecule has 2 unspecified atom stereocenters. The summed E-state index contributed by atoms with van der Waals surface area (Å²) in [6.07, 6.45) is 10.3. The Balaban J connectivity index is 1.12. The molecule has 5 aliphatic rings. The lowest BCUT2D eigenvalue weighted by atomic mass is 9.68. The molecule has 4 saturated heterocycles. The molecule has 4 fully saturated rings. The van der Waals surface area contributed by atoms with Crippen molar-refractivity contribution >= 4 is 17.8 Å². The van der Waals surface area contributed by atoms with Crippen molar-refractivity contribution in [3.8, 4) is 0 Å². The summed E-state index contributed by atoms with van der Waals surface area (Å²) in [5, 5.41) is 2.78. The number of nitrogens with zero attached hydrogens (tertiary/aromatic N) is 3. The summed E-state index contributed by atoms with van der Waals surface area (Å²) in [6.45, 7) is 3.35. The summed E-state index contributed by atoms with van der Waals surface area (Å²) in [4.78, 5) is 45.1. The average Bonchev–Trinajstić information content (AvgIpc) is 3.14. The number of hydrogen-bond acceptors (Lipinski definition) is 4. The van der Waals surface area contributed by atoms with Crippen molar-refractivity contribution in [2.75, 3.05) is 26.2 Å². The minimum atomic E-state index is -0.755. The topological polar surface area (TPSA) is 73.0 Å². The number of piperidine rings is 3. The molecule has 6 rings (SSSR count). The number of urea groups is 1. The van der Waals surface area contributed by atoms with Gasteiger partial charge in [0.15, 0.2) is 0 Å². The van der Waals surface area contributed by atoms with Crippen LogP contribution in [-0.4, -0.2) is 76.8 Å². The average molecular weight is 477 g/mol. The van der Waals surface area contributed by atoms with Gasteiger partial charge in [0.1, 0.15) is 6.04 Å². The lowest BCUT2D eigenvalue weighted by Gasteiger charge is -2.54. The van der Waals surface area contributed by atoms with E-state index >= 15 is 0 Å². The van der Waals surface area contributed by atoms with Crippen LogP contribution in [0.2, 0.25) is 0 Å². The molecule has 0 saturated carbocycles. The van der Waals surface area contributed by atoms with E-state index in [1.165, 1.54) is 42.7 Å². The molecule has 35 heavy (non-hydrogen) atoms. The molecule has 186 valence electrons. The molecule has 2 bridgehead atoms. The van der Waals surface area contributed by atoms with Crippen LogP contribution >= 0.6 is 0 Å². The van der Waals surface area contributed by atoms with Crippen LogP contribution in [0.5, 0.6) is 0 Å². The lowest BCUT2D eigenvalue weighted by Crippen LogP contribution is -2.60. The molecule has 0 radical (unpaired) electrons. The largest absolute Gasteiger partial charge is 0.336 e. The third-order valence-electron chi connectivity index (χ3n) is 8.93. The molecule has 4 amide bonds. The number of amides is 4. The van der Waals surface area contributed by atoms with E-state index in [0.29, 0.717) is 30.8 Å². The van der Waals surface area contributed by atoms with Crippen LogP contribution in [0.3, 0.4) is 0 Å². The van der Waals surface area contributed by atoms with Gasteiger partial charge in [-0.25, -0.2) is 4.79 Å². The van der Waals surface area contributed by atoms with E-state index in [1.54, 1.807) is 0 Å². The molecule has 0 aromatic heterocycles. The fourth-order valence-electron chi connectivity index (χ4n) is 7.36. The van der Waals surface area contributed by atoms with Crippen LogP contribution in [0, 0.1) is 11.8 Å². The zero-order valence-corrected chi connectivity index (χ0v) is 20.4. The van der Waals surface area contributed by atoms with Crippen LogP contribution in [0.1, 0.15) is 50.5 Å². The van der Waals surface area contributed by atoms with Crippen molar-refractivity contribution in [2.45, 2.75) is 69.5 Å². The summed E-state index contributed by atoms with van der Waals surface area (Å²) in [5.74, 6) is 0.840. The maximum Gasteiger partial charge on any atom is 0.324 e. The summed E-state index contributed by atoms with van der Waals surface area (Å²) in [7, 11) is 0. The van der Waals surface area contributed by atoms with E-state index in [-0.39, 0.29) is 30.3 Å². The highest BCUT2D eigenvalue weighted by Gasteiger charge is 2.48. The Hall–Kier alpha value is -2.67. The number of carbonyl (C=O) groups excluding carboxylic acids is 3. The smallest absolute Gasteiger partial charge is 0.324 e. The molecule has 7 nitrogen and oxygen atoms in total. The van der Waals surface area contributed by atoms with Gasteiger partial charge in [-0.15, -0.1) is 0 Å². The third kappa shape index (κ3) is 4.28. The molecule has 1 aromatic carbocycles. The van der Waals surface area contributed by atoms with Crippen LogP contribution < -0.4 is 5.32 Å². The van der Waals surface area contributed by atoms with E-state index in [9.17, 15) is 14.4 Å². The fourth-order valence-corrected chi connectivity index (χ4v) is 7.36. The quantitative estimate of drug-likeness (QED) is 0.524. The van der Waals surface area contributed by atoms with Crippen molar-refractivity contribution in [1.29, 1.82) is 0 Å². The molecule has 4 aliphatic heterocycles. The van der Waals surface area contributed by atoms with Gasteiger partial charge in [0, 0.05) is 25.7 Å². The Labute approximate surface area is 207 Å². The van der Waals surface area contributed by atoms with Gasteiger partial charge in [-0.1, -0.05) is 48.4 Å².